The number of para-hydroxylation sites is 1. The highest BCUT2D eigenvalue weighted by molar-refractivity contribution is 6.02. The maximum atomic E-state index is 12.2. The summed E-state index contributed by atoms with van der Waals surface area (Å²) in [4.78, 5) is 12.2. The molecule has 20 heavy (non-hydrogen) atoms. The Bertz CT molecular complexity index is 668. The van der Waals surface area contributed by atoms with Gasteiger partial charge in [0, 0.05) is 17.9 Å². The van der Waals surface area contributed by atoms with Gasteiger partial charge in [0.05, 0.1) is 23.9 Å². The molecule has 0 saturated carbocycles. The minimum absolute atomic E-state index is 0.0510. The van der Waals surface area contributed by atoms with Crippen LogP contribution in [0, 0.1) is 17.2 Å². The first-order chi connectivity index (χ1) is 9.79. The number of nitrogens with zero attached hydrogens (tertiary/aromatic N) is 2. The van der Waals surface area contributed by atoms with Crippen LogP contribution in [0.4, 0.5) is 0 Å². The van der Waals surface area contributed by atoms with E-state index in [9.17, 15) is 4.79 Å². The molecule has 1 aliphatic rings. The topological polar surface area (TPSA) is 88.0 Å². The van der Waals surface area contributed by atoms with E-state index in [4.69, 9.17) is 14.7 Å². The standard InChI is InChI=1S/C14H13N3O3/c15-6-12(10-4-5-19-8-10)20-14(18)11-3-1-2-9-7-16-17-13(9)11/h1-3,7,10,12H,4-5,8H2,(H,16,17)/t10-,12+/m0/s1. The largest absolute Gasteiger partial charge is 0.443 e. The lowest BCUT2D eigenvalue weighted by atomic mass is 10.0. The van der Waals surface area contributed by atoms with Crippen molar-refractivity contribution in [1.29, 1.82) is 5.26 Å². The SMILES string of the molecule is N#C[C@@H](OC(=O)c1cccc2cn[nH]c12)[C@H]1CCOC1. The van der Waals surface area contributed by atoms with Gasteiger partial charge in [-0.2, -0.15) is 10.4 Å². The van der Waals surface area contributed by atoms with Crippen molar-refractivity contribution in [3.05, 3.63) is 30.0 Å². The van der Waals surface area contributed by atoms with Gasteiger partial charge in [0.2, 0.25) is 0 Å². The van der Waals surface area contributed by atoms with Crippen LogP contribution in [0.15, 0.2) is 24.4 Å². The number of benzene rings is 1. The predicted octanol–water partition coefficient (Wildman–Crippen LogP) is 1.65. The Morgan fingerprint density at radius 3 is 3.25 bits per heavy atom. The van der Waals surface area contributed by atoms with E-state index in [-0.39, 0.29) is 5.92 Å². The van der Waals surface area contributed by atoms with Crippen molar-refractivity contribution in [2.24, 2.45) is 5.92 Å². The number of carbonyl (C=O) groups is 1. The summed E-state index contributed by atoms with van der Waals surface area (Å²) in [6.45, 7) is 1.07. The minimum atomic E-state index is -0.775. The first-order valence-corrected chi connectivity index (χ1v) is 6.40. The van der Waals surface area contributed by atoms with Crippen LogP contribution in [0.3, 0.4) is 0 Å². The van der Waals surface area contributed by atoms with Gasteiger partial charge in [0.25, 0.3) is 0 Å². The molecule has 0 spiro atoms. The fraction of sp³-hybridized carbons (Fsp3) is 0.357. The number of hydrogen-bond acceptors (Lipinski definition) is 5. The fourth-order valence-electron chi connectivity index (χ4n) is 2.34. The molecule has 1 aromatic carbocycles. The van der Waals surface area contributed by atoms with E-state index in [1.165, 1.54) is 0 Å². The average Bonchev–Trinajstić information content (AvgIpc) is 3.14. The molecule has 1 aliphatic heterocycles. The molecule has 2 aromatic rings. The van der Waals surface area contributed by atoms with Crippen molar-refractivity contribution in [3.8, 4) is 6.07 Å². The highest BCUT2D eigenvalue weighted by Crippen LogP contribution is 2.22. The monoisotopic (exact) mass is 271 g/mol. The van der Waals surface area contributed by atoms with Crippen molar-refractivity contribution < 1.29 is 14.3 Å². The van der Waals surface area contributed by atoms with Crippen LogP contribution in [-0.2, 0) is 9.47 Å². The third-order valence-electron chi connectivity index (χ3n) is 3.45. The highest BCUT2D eigenvalue weighted by Gasteiger charge is 2.29. The molecule has 6 nitrogen and oxygen atoms in total. The van der Waals surface area contributed by atoms with Crippen molar-refractivity contribution in [2.45, 2.75) is 12.5 Å². The quantitative estimate of drug-likeness (QED) is 0.857. The van der Waals surface area contributed by atoms with Gasteiger partial charge in [-0.3, -0.25) is 5.10 Å². The molecule has 0 unspecified atom stereocenters. The molecule has 1 saturated heterocycles. The molecule has 0 amide bonds. The number of aromatic nitrogens is 2. The summed E-state index contributed by atoms with van der Waals surface area (Å²) in [6.07, 6.45) is 1.60. The van der Waals surface area contributed by atoms with Gasteiger partial charge < -0.3 is 9.47 Å². The summed E-state index contributed by atoms with van der Waals surface area (Å²) in [5.74, 6) is -0.566. The number of ether oxygens (including phenoxy) is 2. The number of rotatable bonds is 3. The Morgan fingerprint density at radius 1 is 1.60 bits per heavy atom. The van der Waals surface area contributed by atoms with Gasteiger partial charge >= 0.3 is 5.97 Å². The third kappa shape index (κ3) is 2.24. The van der Waals surface area contributed by atoms with Crippen LogP contribution in [0.5, 0.6) is 0 Å². The van der Waals surface area contributed by atoms with Crippen molar-refractivity contribution in [2.75, 3.05) is 13.2 Å². The molecule has 2 atom stereocenters. The van der Waals surface area contributed by atoms with Crippen LogP contribution >= 0.6 is 0 Å². The number of nitrogens with one attached hydrogen (secondary N) is 1. The van der Waals surface area contributed by atoms with Crippen LogP contribution < -0.4 is 0 Å². The summed E-state index contributed by atoms with van der Waals surface area (Å²) in [5, 5.41) is 16.7. The zero-order chi connectivity index (χ0) is 13.9. The zero-order valence-corrected chi connectivity index (χ0v) is 10.7. The normalized spacial score (nSPS) is 19.6. The molecular formula is C14H13N3O3. The van der Waals surface area contributed by atoms with E-state index in [1.54, 1.807) is 18.3 Å². The Labute approximate surface area is 115 Å². The van der Waals surface area contributed by atoms with Crippen LogP contribution in [0.25, 0.3) is 10.9 Å². The van der Waals surface area contributed by atoms with Gasteiger partial charge in [-0.1, -0.05) is 12.1 Å². The minimum Gasteiger partial charge on any atom is -0.443 e. The van der Waals surface area contributed by atoms with Crippen LogP contribution in [0.2, 0.25) is 0 Å². The fourth-order valence-corrected chi connectivity index (χ4v) is 2.34. The van der Waals surface area contributed by atoms with Crippen LogP contribution in [-0.4, -0.2) is 35.5 Å². The lowest BCUT2D eigenvalue weighted by molar-refractivity contribution is 0.0279. The number of nitriles is 1. The van der Waals surface area contributed by atoms with Gasteiger partial charge in [0.15, 0.2) is 6.10 Å². The summed E-state index contributed by atoms with van der Waals surface area (Å²) in [5.41, 5.74) is 1.01. The maximum Gasteiger partial charge on any atom is 0.341 e. The second kappa shape index (κ2) is 5.31. The lowest BCUT2D eigenvalue weighted by Crippen LogP contribution is -2.26. The number of carbonyl (C=O) groups excluding carboxylic acids is 1. The molecule has 1 fully saturated rings. The summed E-state index contributed by atoms with van der Waals surface area (Å²) in [7, 11) is 0. The predicted molar refractivity (Wildman–Crippen MR) is 69.8 cm³/mol. The molecule has 0 radical (unpaired) electrons. The van der Waals surface area contributed by atoms with Gasteiger partial charge in [0.1, 0.15) is 6.07 Å². The highest BCUT2D eigenvalue weighted by atomic mass is 16.5. The van der Waals surface area contributed by atoms with E-state index in [0.29, 0.717) is 24.3 Å². The van der Waals surface area contributed by atoms with E-state index in [0.717, 1.165) is 11.8 Å². The second-order valence-corrected chi connectivity index (χ2v) is 4.72. The van der Waals surface area contributed by atoms with E-state index in [1.807, 2.05) is 12.1 Å². The molecule has 3 rings (SSSR count). The number of aromatic amines is 1. The third-order valence-corrected chi connectivity index (χ3v) is 3.45. The second-order valence-electron chi connectivity index (χ2n) is 4.72. The molecule has 102 valence electrons. The maximum absolute atomic E-state index is 12.2. The lowest BCUT2D eigenvalue weighted by Gasteiger charge is -2.15. The molecular weight excluding hydrogens is 258 g/mol. The van der Waals surface area contributed by atoms with Crippen LogP contribution in [0.1, 0.15) is 16.8 Å². The van der Waals surface area contributed by atoms with Crippen molar-refractivity contribution >= 4 is 16.9 Å². The van der Waals surface area contributed by atoms with Gasteiger partial charge in [-0.05, 0) is 12.5 Å². The smallest absolute Gasteiger partial charge is 0.341 e. The Hall–Kier alpha value is -2.39. The van der Waals surface area contributed by atoms with Crippen molar-refractivity contribution in [3.63, 3.8) is 0 Å². The van der Waals surface area contributed by atoms with E-state index >= 15 is 0 Å². The first kappa shape index (κ1) is 12.6. The number of H-pyrrole nitrogens is 1. The van der Waals surface area contributed by atoms with E-state index < -0.39 is 12.1 Å². The summed E-state index contributed by atoms with van der Waals surface area (Å²) < 4.78 is 10.5. The van der Waals surface area contributed by atoms with E-state index in [2.05, 4.69) is 10.2 Å². The molecule has 2 heterocycles. The Kier molecular flexibility index (Phi) is 3.35. The number of hydrogen-bond donors (Lipinski definition) is 1. The number of esters is 1. The van der Waals surface area contributed by atoms with Crippen molar-refractivity contribution in [1.82, 2.24) is 10.2 Å². The molecule has 1 N–H and O–H groups in total. The Balaban J connectivity index is 1.82. The van der Waals surface area contributed by atoms with Gasteiger partial charge in [-0.15, -0.1) is 0 Å². The Morgan fingerprint density at radius 2 is 2.50 bits per heavy atom. The molecule has 0 bridgehead atoms. The molecule has 0 aliphatic carbocycles. The first-order valence-electron chi connectivity index (χ1n) is 6.40. The average molecular weight is 271 g/mol. The zero-order valence-electron chi connectivity index (χ0n) is 10.7. The molecule has 1 aromatic heterocycles. The summed E-state index contributed by atoms with van der Waals surface area (Å²) in [6, 6.07) is 7.30. The summed E-state index contributed by atoms with van der Waals surface area (Å²) >= 11 is 0. The number of fused-ring (bicyclic) bond motifs is 1. The van der Waals surface area contributed by atoms with Gasteiger partial charge in [-0.25, -0.2) is 4.79 Å². The molecule has 6 heteroatoms.